The summed E-state index contributed by atoms with van der Waals surface area (Å²) in [4.78, 5) is 13.2. The number of rotatable bonds is 4. The molecule has 1 rings (SSSR count). The van der Waals surface area contributed by atoms with Crippen molar-refractivity contribution in [2.24, 2.45) is 0 Å². The zero-order chi connectivity index (χ0) is 12.2. The van der Waals surface area contributed by atoms with E-state index >= 15 is 0 Å². The number of alkyl halides is 3. The summed E-state index contributed by atoms with van der Waals surface area (Å²) in [6.07, 6.45) is -4.88. The van der Waals surface area contributed by atoms with Crippen LogP contribution in [0.2, 0.25) is 0 Å². The fourth-order valence-corrected chi connectivity index (χ4v) is 1.94. The van der Waals surface area contributed by atoms with Crippen LogP contribution >= 0.6 is 0 Å². The van der Waals surface area contributed by atoms with Crippen molar-refractivity contribution < 1.29 is 18.0 Å². The lowest BCUT2D eigenvalue weighted by molar-refractivity contribution is -0.150. The van der Waals surface area contributed by atoms with Gasteiger partial charge in [0.05, 0.1) is 6.42 Å². The Bertz CT molecular complexity index is 237. The van der Waals surface area contributed by atoms with Gasteiger partial charge in [-0.05, 0) is 19.9 Å². The van der Waals surface area contributed by atoms with E-state index in [1.165, 1.54) is 0 Å². The Hall–Kier alpha value is -0.780. The van der Waals surface area contributed by atoms with Crippen LogP contribution in [0.3, 0.4) is 0 Å². The minimum atomic E-state index is -4.25. The van der Waals surface area contributed by atoms with Crippen LogP contribution in [0.4, 0.5) is 13.2 Å². The normalized spacial score (nSPS) is 21.1. The lowest BCUT2D eigenvalue weighted by atomic mass is 10.2. The molecule has 0 aromatic carbocycles. The summed E-state index contributed by atoms with van der Waals surface area (Å²) in [7, 11) is 0. The van der Waals surface area contributed by atoms with Crippen LogP contribution in [0.5, 0.6) is 0 Å². The SMILES string of the molecule is CCN(C(=O)CCC(F)(F)F)C1CCNC1. The standard InChI is InChI=1S/C10H17F3N2O/c1-2-15(8-4-6-14-7-8)9(16)3-5-10(11,12)13/h8,14H,2-7H2,1H3. The van der Waals surface area contributed by atoms with Crippen LogP contribution in [-0.4, -0.2) is 42.7 Å². The van der Waals surface area contributed by atoms with Gasteiger partial charge in [-0.25, -0.2) is 0 Å². The second-order valence-electron chi connectivity index (χ2n) is 3.94. The number of nitrogens with zero attached hydrogens (tertiary/aromatic N) is 1. The number of amides is 1. The second kappa shape index (κ2) is 5.52. The fraction of sp³-hybridized carbons (Fsp3) is 0.900. The fourth-order valence-electron chi connectivity index (χ4n) is 1.94. The molecule has 0 bridgehead atoms. The molecule has 0 spiro atoms. The Kier molecular flexibility index (Phi) is 4.58. The van der Waals surface area contributed by atoms with Crippen molar-refractivity contribution in [2.75, 3.05) is 19.6 Å². The van der Waals surface area contributed by atoms with E-state index < -0.39 is 24.9 Å². The summed E-state index contributed by atoms with van der Waals surface area (Å²) < 4.78 is 35.9. The summed E-state index contributed by atoms with van der Waals surface area (Å²) in [5, 5.41) is 3.10. The van der Waals surface area contributed by atoms with Gasteiger partial charge in [0.2, 0.25) is 5.91 Å². The molecule has 1 saturated heterocycles. The first kappa shape index (κ1) is 13.3. The van der Waals surface area contributed by atoms with E-state index in [0.29, 0.717) is 13.1 Å². The number of hydrogen-bond donors (Lipinski definition) is 1. The van der Waals surface area contributed by atoms with Crippen molar-refractivity contribution in [3.05, 3.63) is 0 Å². The van der Waals surface area contributed by atoms with Crippen molar-refractivity contribution in [1.82, 2.24) is 10.2 Å². The molecule has 16 heavy (non-hydrogen) atoms. The maximum Gasteiger partial charge on any atom is 0.389 e. The van der Waals surface area contributed by atoms with Gasteiger partial charge in [0.1, 0.15) is 0 Å². The summed E-state index contributed by atoms with van der Waals surface area (Å²) in [6, 6.07) is 0.0609. The van der Waals surface area contributed by atoms with Crippen LogP contribution in [0.1, 0.15) is 26.2 Å². The smallest absolute Gasteiger partial charge is 0.339 e. The highest BCUT2D eigenvalue weighted by Crippen LogP contribution is 2.22. The average molecular weight is 238 g/mol. The molecule has 0 saturated carbocycles. The molecule has 1 fully saturated rings. The van der Waals surface area contributed by atoms with Crippen LogP contribution in [0.15, 0.2) is 0 Å². The van der Waals surface area contributed by atoms with Gasteiger partial charge in [-0.1, -0.05) is 0 Å². The van der Waals surface area contributed by atoms with Gasteiger partial charge in [-0.2, -0.15) is 13.2 Å². The maximum absolute atomic E-state index is 12.0. The molecule has 1 aliphatic heterocycles. The molecule has 1 N–H and O–H groups in total. The van der Waals surface area contributed by atoms with Crippen molar-refractivity contribution in [2.45, 2.75) is 38.4 Å². The molecule has 1 unspecified atom stereocenters. The van der Waals surface area contributed by atoms with E-state index in [2.05, 4.69) is 5.32 Å². The van der Waals surface area contributed by atoms with Crippen molar-refractivity contribution in [3.8, 4) is 0 Å². The Morgan fingerprint density at radius 3 is 2.62 bits per heavy atom. The first-order valence-corrected chi connectivity index (χ1v) is 5.51. The Morgan fingerprint density at radius 2 is 2.19 bits per heavy atom. The zero-order valence-corrected chi connectivity index (χ0v) is 9.31. The first-order valence-electron chi connectivity index (χ1n) is 5.51. The summed E-state index contributed by atoms with van der Waals surface area (Å²) in [5.41, 5.74) is 0. The molecule has 0 aliphatic carbocycles. The number of carbonyl (C=O) groups excluding carboxylic acids is 1. The number of nitrogens with one attached hydrogen (secondary N) is 1. The Balaban J connectivity index is 2.43. The molecule has 3 nitrogen and oxygen atoms in total. The van der Waals surface area contributed by atoms with Gasteiger partial charge in [0.15, 0.2) is 0 Å². The van der Waals surface area contributed by atoms with E-state index in [9.17, 15) is 18.0 Å². The highest BCUT2D eigenvalue weighted by atomic mass is 19.4. The molecule has 0 radical (unpaired) electrons. The van der Waals surface area contributed by atoms with Gasteiger partial charge < -0.3 is 10.2 Å². The van der Waals surface area contributed by atoms with E-state index in [1.54, 1.807) is 11.8 Å². The lowest BCUT2D eigenvalue weighted by Crippen LogP contribution is -2.41. The number of carbonyl (C=O) groups is 1. The minimum absolute atomic E-state index is 0.0609. The Labute approximate surface area is 93.0 Å². The summed E-state index contributed by atoms with van der Waals surface area (Å²) in [6.45, 7) is 3.78. The molecule has 1 heterocycles. The molecule has 1 aliphatic rings. The Morgan fingerprint density at radius 1 is 1.50 bits per heavy atom. The third-order valence-electron chi connectivity index (χ3n) is 2.76. The van der Waals surface area contributed by atoms with Crippen molar-refractivity contribution in [1.29, 1.82) is 0 Å². The van der Waals surface area contributed by atoms with Gasteiger partial charge in [-0.15, -0.1) is 0 Å². The van der Waals surface area contributed by atoms with E-state index in [0.717, 1.165) is 13.0 Å². The minimum Gasteiger partial charge on any atom is -0.339 e. The number of likely N-dealkylation sites (N-methyl/N-ethyl adjacent to an activating group) is 1. The summed E-state index contributed by atoms with van der Waals surface area (Å²) >= 11 is 0. The molecular weight excluding hydrogens is 221 g/mol. The predicted octanol–water partition coefficient (Wildman–Crippen LogP) is 1.54. The monoisotopic (exact) mass is 238 g/mol. The van der Waals surface area contributed by atoms with Crippen LogP contribution in [0, 0.1) is 0 Å². The zero-order valence-electron chi connectivity index (χ0n) is 9.31. The predicted molar refractivity (Wildman–Crippen MR) is 54.0 cm³/mol. The number of halogens is 3. The molecule has 1 atom stereocenters. The van der Waals surface area contributed by atoms with Gasteiger partial charge in [0, 0.05) is 25.6 Å². The van der Waals surface area contributed by atoms with E-state index in [4.69, 9.17) is 0 Å². The van der Waals surface area contributed by atoms with Crippen molar-refractivity contribution >= 4 is 5.91 Å². The highest BCUT2D eigenvalue weighted by Gasteiger charge is 2.31. The van der Waals surface area contributed by atoms with Gasteiger partial charge in [-0.3, -0.25) is 4.79 Å². The lowest BCUT2D eigenvalue weighted by Gasteiger charge is -2.27. The molecule has 0 aromatic heterocycles. The first-order chi connectivity index (χ1) is 7.44. The average Bonchev–Trinajstić information content (AvgIpc) is 2.68. The quantitative estimate of drug-likeness (QED) is 0.805. The largest absolute Gasteiger partial charge is 0.389 e. The summed E-state index contributed by atoms with van der Waals surface area (Å²) in [5.74, 6) is -0.395. The number of hydrogen-bond acceptors (Lipinski definition) is 2. The molecule has 1 amide bonds. The molecule has 94 valence electrons. The van der Waals surface area contributed by atoms with Crippen LogP contribution in [-0.2, 0) is 4.79 Å². The molecule has 0 aromatic rings. The highest BCUT2D eigenvalue weighted by molar-refractivity contribution is 5.76. The second-order valence-corrected chi connectivity index (χ2v) is 3.94. The molecular formula is C10H17F3N2O. The van der Waals surface area contributed by atoms with E-state index in [1.807, 2.05) is 0 Å². The van der Waals surface area contributed by atoms with Gasteiger partial charge >= 0.3 is 6.18 Å². The topological polar surface area (TPSA) is 32.3 Å². The third kappa shape index (κ3) is 4.00. The van der Waals surface area contributed by atoms with E-state index in [-0.39, 0.29) is 6.04 Å². The third-order valence-corrected chi connectivity index (χ3v) is 2.76. The van der Waals surface area contributed by atoms with Gasteiger partial charge in [0.25, 0.3) is 0 Å². The maximum atomic E-state index is 12.0. The van der Waals surface area contributed by atoms with Crippen LogP contribution < -0.4 is 5.32 Å². The van der Waals surface area contributed by atoms with Crippen molar-refractivity contribution in [3.63, 3.8) is 0 Å². The molecule has 6 heteroatoms. The van der Waals surface area contributed by atoms with Crippen LogP contribution in [0.25, 0.3) is 0 Å².